The van der Waals surface area contributed by atoms with Crippen molar-refractivity contribution in [3.05, 3.63) is 42.4 Å². The molecule has 1 fully saturated rings. The van der Waals surface area contributed by atoms with Crippen LogP contribution in [0.25, 0.3) is 0 Å². The Bertz CT molecular complexity index is 830. The third kappa shape index (κ3) is 4.28. The molecule has 1 aromatic carbocycles. The van der Waals surface area contributed by atoms with E-state index in [1.54, 1.807) is 18.5 Å². The van der Waals surface area contributed by atoms with Gasteiger partial charge in [0, 0.05) is 37.1 Å². The maximum Gasteiger partial charge on any atom is 0.177 e. The average Bonchev–Trinajstić information content (AvgIpc) is 2.62. The van der Waals surface area contributed by atoms with Gasteiger partial charge >= 0.3 is 0 Å². The maximum atomic E-state index is 11.9. The van der Waals surface area contributed by atoms with Gasteiger partial charge in [0.1, 0.15) is 12.1 Å². The number of para-hydroxylation sites is 1. The molecular formula is C18H24N4O2S. The number of hydrogen-bond donors (Lipinski definition) is 1. The number of anilines is 2. The lowest BCUT2D eigenvalue weighted by atomic mass is 10.0. The second-order valence-electron chi connectivity index (χ2n) is 6.40. The summed E-state index contributed by atoms with van der Waals surface area (Å²) >= 11 is 0. The Labute approximate surface area is 149 Å². The van der Waals surface area contributed by atoms with Gasteiger partial charge in [0.15, 0.2) is 9.84 Å². The summed E-state index contributed by atoms with van der Waals surface area (Å²) in [5, 5.41) is 3.41. The van der Waals surface area contributed by atoms with Gasteiger partial charge in [-0.05, 0) is 31.4 Å². The van der Waals surface area contributed by atoms with Gasteiger partial charge < -0.3 is 10.2 Å². The fraction of sp³-hybridized carbons (Fsp3) is 0.444. The third-order valence-electron chi connectivity index (χ3n) is 4.54. The van der Waals surface area contributed by atoms with Crippen molar-refractivity contribution in [1.82, 2.24) is 9.97 Å². The third-order valence-corrected chi connectivity index (χ3v) is 5.69. The van der Waals surface area contributed by atoms with Gasteiger partial charge in [0.05, 0.1) is 10.6 Å². The highest BCUT2D eigenvalue weighted by atomic mass is 32.2. The predicted molar refractivity (Wildman–Crippen MR) is 99.8 cm³/mol. The van der Waals surface area contributed by atoms with E-state index >= 15 is 0 Å². The summed E-state index contributed by atoms with van der Waals surface area (Å²) in [5.41, 5.74) is 1.74. The number of nitrogens with one attached hydrogen (secondary N) is 1. The molecule has 0 bridgehead atoms. The number of aromatic nitrogens is 2. The summed E-state index contributed by atoms with van der Waals surface area (Å²) < 4.78 is 23.9. The number of hydrogen-bond acceptors (Lipinski definition) is 6. The lowest BCUT2D eigenvalue weighted by molar-refractivity contribution is 0.522. The molecule has 0 atom stereocenters. The Morgan fingerprint density at radius 2 is 1.92 bits per heavy atom. The standard InChI is InChI=1S/C18H24N4O2S/c1-3-14-12-18(20-13-19-14)22-10-8-15(9-11-22)21-16-6-4-5-7-17(16)25(2,23)24/h4-7,12-13,15,21H,3,8-11H2,1-2H3. The van der Waals surface area contributed by atoms with E-state index in [1.807, 2.05) is 18.2 Å². The van der Waals surface area contributed by atoms with E-state index < -0.39 is 9.84 Å². The van der Waals surface area contributed by atoms with Crippen LogP contribution in [0.3, 0.4) is 0 Å². The highest BCUT2D eigenvalue weighted by Gasteiger charge is 2.22. The molecule has 2 aromatic rings. The molecule has 1 aromatic heterocycles. The van der Waals surface area contributed by atoms with Crippen LogP contribution in [0.1, 0.15) is 25.5 Å². The highest BCUT2D eigenvalue weighted by molar-refractivity contribution is 7.90. The molecule has 1 saturated heterocycles. The minimum atomic E-state index is -3.24. The first kappa shape index (κ1) is 17.7. The van der Waals surface area contributed by atoms with Crippen LogP contribution in [0.15, 0.2) is 41.6 Å². The number of piperidine rings is 1. The van der Waals surface area contributed by atoms with Crippen LogP contribution < -0.4 is 10.2 Å². The van der Waals surface area contributed by atoms with Gasteiger partial charge in [-0.1, -0.05) is 19.1 Å². The minimum Gasteiger partial charge on any atom is -0.381 e. The molecule has 0 aliphatic carbocycles. The van der Waals surface area contributed by atoms with Gasteiger partial charge in [-0.2, -0.15) is 0 Å². The lowest BCUT2D eigenvalue weighted by Crippen LogP contribution is -2.39. The summed E-state index contributed by atoms with van der Waals surface area (Å²) in [6.07, 6.45) is 5.64. The summed E-state index contributed by atoms with van der Waals surface area (Å²) in [4.78, 5) is 11.3. The second kappa shape index (κ2) is 7.39. The van der Waals surface area contributed by atoms with Crippen LogP contribution in [0, 0.1) is 0 Å². The molecule has 1 aliphatic rings. The first-order valence-corrected chi connectivity index (χ1v) is 10.5. The molecule has 0 spiro atoms. The van der Waals surface area contributed by atoms with Crippen molar-refractivity contribution in [2.75, 3.05) is 29.6 Å². The molecule has 2 heterocycles. The molecule has 0 saturated carbocycles. The average molecular weight is 360 g/mol. The van der Waals surface area contributed by atoms with Crippen molar-refractivity contribution in [1.29, 1.82) is 0 Å². The van der Waals surface area contributed by atoms with Gasteiger partial charge in [-0.3, -0.25) is 0 Å². The SMILES string of the molecule is CCc1cc(N2CCC(Nc3ccccc3S(C)(=O)=O)CC2)ncn1. The molecule has 6 nitrogen and oxygen atoms in total. The van der Waals surface area contributed by atoms with Crippen molar-refractivity contribution >= 4 is 21.3 Å². The number of rotatable bonds is 5. The number of benzene rings is 1. The van der Waals surface area contributed by atoms with Gasteiger partial charge in [0.25, 0.3) is 0 Å². The fourth-order valence-corrected chi connectivity index (χ4v) is 3.99. The van der Waals surface area contributed by atoms with Crippen LogP contribution in [-0.2, 0) is 16.3 Å². The molecule has 0 radical (unpaired) electrons. The van der Waals surface area contributed by atoms with Gasteiger partial charge in [0.2, 0.25) is 0 Å². The van der Waals surface area contributed by atoms with Crippen LogP contribution in [0.4, 0.5) is 11.5 Å². The Balaban J connectivity index is 1.66. The van der Waals surface area contributed by atoms with Crippen molar-refractivity contribution in [3.8, 4) is 0 Å². The van der Waals surface area contributed by atoms with E-state index in [0.29, 0.717) is 10.6 Å². The van der Waals surface area contributed by atoms with Crippen LogP contribution in [0.5, 0.6) is 0 Å². The Hall–Kier alpha value is -2.15. The largest absolute Gasteiger partial charge is 0.381 e. The van der Waals surface area contributed by atoms with E-state index in [0.717, 1.165) is 43.9 Å². The van der Waals surface area contributed by atoms with E-state index in [2.05, 4.69) is 27.1 Å². The van der Waals surface area contributed by atoms with Crippen LogP contribution in [0.2, 0.25) is 0 Å². The first-order valence-electron chi connectivity index (χ1n) is 8.59. The van der Waals surface area contributed by atoms with E-state index in [1.165, 1.54) is 6.26 Å². The summed E-state index contributed by atoms with van der Waals surface area (Å²) in [6, 6.07) is 9.41. The minimum absolute atomic E-state index is 0.256. The normalized spacial score (nSPS) is 16.0. The molecule has 1 aliphatic heterocycles. The molecule has 134 valence electrons. The zero-order valence-corrected chi connectivity index (χ0v) is 15.5. The molecule has 25 heavy (non-hydrogen) atoms. The molecule has 0 amide bonds. The maximum absolute atomic E-state index is 11.9. The van der Waals surface area contributed by atoms with Gasteiger partial charge in [-0.15, -0.1) is 0 Å². The predicted octanol–water partition coefficient (Wildman–Crippen LogP) is 2.52. The second-order valence-corrected chi connectivity index (χ2v) is 8.38. The monoisotopic (exact) mass is 360 g/mol. The summed E-state index contributed by atoms with van der Waals surface area (Å²) in [5.74, 6) is 0.974. The zero-order chi connectivity index (χ0) is 17.9. The van der Waals surface area contributed by atoms with Gasteiger partial charge in [-0.25, -0.2) is 18.4 Å². The molecule has 3 rings (SSSR count). The number of nitrogens with zero attached hydrogens (tertiary/aromatic N) is 3. The van der Waals surface area contributed by atoms with Crippen LogP contribution in [-0.4, -0.2) is 43.8 Å². The van der Waals surface area contributed by atoms with E-state index in [4.69, 9.17) is 0 Å². The molecule has 0 unspecified atom stereocenters. The zero-order valence-electron chi connectivity index (χ0n) is 14.6. The Morgan fingerprint density at radius 1 is 1.20 bits per heavy atom. The molecule has 7 heteroatoms. The number of aryl methyl sites for hydroxylation is 1. The van der Waals surface area contributed by atoms with E-state index in [9.17, 15) is 8.42 Å². The Morgan fingerprint density at radius 3 is 2.60 bits per heavy atom. The van der Waals surface area contributed by atoms with Crippen molar-refractivity contribution in [3.63, 3.8) is 0 Å². The Kier molecular flexibility index (Phi) is 5.22. The summed E-state index contributed by atoms with van der Waals surface area (Å²) in [7, 11) is -3.24. The van der Waals surface area contributed by atoms with Crippen molar-refractivity contribution < 1.29 is 8.42 Å². The molecular weight excluding hydrogens is 336 g/mol. The first-order chi connectivity index (χ1) is 12.0. The van der Waals surface area contributed by atoms with Crippen molar-refractivity contribution in [2.24, 2.45) is 0 Å². The smallest absolute Gasteiger partial charge is 0.177 e. The highest BCUT2D eigenvalue weighted by Crippen LogP contribution is 2.25. The quantitative estimate of drug-likeness (QED) is 0.883. The lowest BCUT2D eigenvalue weighted by Gasteiger charge is -2.34. The topological polar surface area (TPSA) is 75.2 Å². The molecule has 1 N–H and O–H groups in total. The van der Waals surface area contributed by atoms with Crippen molar-refractivity contribution in [2.45, 2.75) is 37.1 Å². The summed E-state index contributed by atoms with van der Waals surface area (Å²) in [6.45, 7) is 3.86. The number of sulfone groups is 1. The van der Waals surface area contributed by atoms with Crippen LogP contribution >= 0.6 is 0 Å². The van der Waals surface area contributed by atoms with E-state index in [-0.39, 0.29) is 6.04 Å². The fourth-order valence-electron chi connectivity index (χ4n) is 3.13.